The van der Waals surface area contributed by atoms with Crippen molar-refractivity contribution in [1.82, 2.24) is 0 Å². The van der Waals surface area contributed by atoms with Crippen LogP contribution in [0.15, 0.2) is 72.3 Å². The van der Waals surface area contributed by atoms with Crippen molar-refractivity contribution in [1.29, 1.82) is 0 Å². The van der Waals surface area contributed by atoms with Crippen LogP contribution >= 0.6 is 23.2 Å². The minimum atomic E-state index is -0.807. The first-order valence-corrected chi connectivity index (χ1v) is 12.2. The lowest BCUT2D eigenvalue weighted by Crippen LogP contribution is -2.29. The fourth-order valence-electron chi connectivity index (χ4n) is 4.37. The summed E-state index contributed by atoms with van der Waals surface area (Å²) in [5.74, 6) is -1.76. The smallest absolute Gasteiger partial charge is 0.300 e. The standard InChI is InChI=1S/C28H26Cl2N2O3/c1-4-31(5-2)20-13-8-18(9-14-20)25-24(26(33)19-10-15-22(29)23(30)16-19)27(34)28(35)32(25)21-11-6-17(3)7-12-21/h6-16,25,33H,4-5H2,1-3H3/b26-24-. The van der Waals surface area contributed by atoms with E-state index < -0.39 is 17.7 Å². The number of aryl methyl sites for hydroxylation is 1. The molecule has 4 rings (SSSR count). The summed E-state index contributed by atoms with van der Waals surface area (Å²) >= 11 is 12.2. The van der Waals surface area contributed by atoms with Crippen molar-refractivity contribution in [2.75, 3.05) is 22.9 Å². The first kappa shape index (κ1) is 24.8. The molecule has 1 atom stereocenters. The third kappa shape index (κ3) is 4.66. The van der Waals surface area contributed by atoms with Crippen molar-refractivity contribution in [2.45, 2.75) is 26.8 Å². The van der Waals surface area contributed by atoms with E-state index in [4.69, 9.17) is 23.2 Å². The van der Waals surface area contributed by atoms with Crippen LogP contribution in [-0.2, 0) is 9.59 Å². The lowest BCUT2D eigenvalue weighted by Gasteiger charge is -2.27. The molecule has 0 aromatic heterocycles. The van der Waals surface area contributed by atoms with Crippen LogP contribution in [0.5, 0.6) is 0 Å². The van der Waals surface area contributed by atoms with Crippen LogP contribution in [-0.4, -0.2) is 29.9 Å². The molecule has 0 spiro atoms. The molecule has 3 aromatic carbocycles. The number of anilines is 2. The average molecular weight is 509 g/mol. The number of benzene rings is 3. The predicted molar refractivity (Wildman–Crippen MR) is 142 cm³/mol. The molecule has 1 amide bonds. The number of Topliss-reactive ketones (excluding diaryl/α,β-unsaturated/α-hetero) is 1. The molecule has 180 valence electrons. The van der Waals surface area contributed by atoms with Crippen LogP contribution in [0.25, 0.3) is 5.76 Å². The van der Waals surface area contributed by atoms with Gasteiger partial charge in [0.05, 0.1) is 21.7 Å². The summed E-state index contributed by atoms with van der Waals surface area (Å²) < 4.78 is 0. The van der Waals surface area contributed by atoms with Crippen molar-refractivity contribution in [3.8, 4) is 0 Å². The van der Waals surface area contributed by atoms with Gasteiger partial charge in [-0.1, -0.05) is 53.0 Å². The number of hydrogen-bond acceptors (Lipinski definition) is 4. The molecular formula is C28H26Cl2N2O3. The van der Waals surface area contributed by atoms with Gasteiger partial charge in [-0.25, -0.2) is 0 Å². The fourth-order valence-corrected chi connectivity index (χ4v) is 4.67. The number of rotatable bonds is 6. The second-order valence-corrected chi connectivity index (χ2v) is 9.21. The summed E-state index contributed by atoms with van der Waals surface area (Å²) in [6.45, 7) is 7.83. The lowest BCUT2D eigenvalue weighted by molar-refractivity contribution is -0.132. The zero-order valence-corrected chi connectivity index (χ0v) is 21.3. The number of aliphatic hydroxyl groups excluding tert-OH is 1. The van der Waals surface area contributed by atoms with Gasteiger partial charge in [0.1, 0.15) is 5.76 Å². The van der Waals surface area contributed by atoms with E-state index >= 15 is 0 Å². The molecular weight excluding hydrogens is 483 g/mol. The van der Waals surface area contributed by atoms with E-state index in [-0.39, 0.29) is 16.4 Å². The van der Waals surface area contributed by atoms with Crippen LogP contribution in [0.3, 0.4) is 0 Å². The van der Waals surface area contributed by atoms with Gasteiger partial charge in [0.25, 0.3) is 11.7 Å². The minimum Gasteiger partial charge on any atom is -0.507 e. The third-order valence-corrected chi connectivity index (χ3v) is 7.03. The number of amides is 1. The molecule has 0 bridgehead atoms. The largest absolute Gasteiger partial charge is 0.507 e. The van der Waals surface area contributed by atoms with Crippen molar-refractivity contribution >= 4 is 52.0 Å². The summed E-state index contributed by atoms with van der Waals surface area (Å²) in [6, 6.07) is 18.9. The average Bonchev–Trinajstić information content (AvgIpc) is 3.12. The number of hydrogen-bond donors (Lipinski definition) is 1. The second-order valence-electron chi connectivity index (χ2n) is 8.40. The summed E-state index contributed by atoms with van der Waals surface area (Å²) in [4.78, 5) is 30.2. The summed E-state index contributed by atoms with van der Waals surface area (Å²) in [6.07, 6.45) is 0. The molecule has 3 aromatic rings. The topological polar surface area (TPSA) is 60.9 Å². The quantitative estimate of drug-likeness (QED) is 0.226. The first-order chi connectivity index (χ1) is 16.8. The number of ketones is 1. The van der Waals surface area contributed by atoms with Gasteiger partial charge in [-0.3, -0.25) is 14.5 Å². The first-order valence-electron chi connectivity index (χ1n) is 11.4. The zero-order chi connectivity index (χ0) is 25.3. The molecule has 1 aliphatic heterocycles. The maximum Gasteiger partial charge on any atom is 0.300 e. The normalized spacial score (nSPS) is 17.2. The van der Waals surface area contributed by atoms with Crippen molar-refractivity contribution < 1.29 is 14.7 Å². The molecule has 35 heavy (non-hydrogen) atoms. The van der Waals surface area contributed by atoms with Gasteiger partial charge in [0, 0.05) is 30.0 Å². The van der Waals surface area contributed by atoms with E-state index in [9.17, 15) is 14.7 Å². The van der Waals surface area contributed by atoms with Crippen molar-refractivity contribution in [3.63, 3.8) is 0 Å². The lowest BCUT2D eigenvalue weighted by atomic mass is 9.94. The highest BCUT2D eigenvalue weighted by Crippen LogP contribution is 2.43. The number of nitrogens with zero attached hydrogens (tertiary/aromatic N) is 2. The molecule has 0 aliphatic carbocycles. The maximum atomic E-state index is 13.3. The Hall–Kier alpha value is -3.28. The zero-order valence-electron chi connectivity index (χ0n) is 19.8. The Labute approximate surface area is 215 Å². The van der Waals surface area contributed by atoms with E-state index in [2.05, 4.69) is 18.7 Å². The number of carbonyl (C=O) groups excluding carboxylic acids is 2. The van der Waals surface area contributed by atoms with Crippen LogP contribution in [0, 0.1) is 6.92 Å². The molecule has 1 fully saturated rings. The van der Waals surface area contributed by atoms with Gasteiger partial charge in [0.15, 0.2) is 0 Å². The van der Waals surface area contributed by atoms with E-state index in [0.29, 0.717) is 21.8 Å². The third-order valence-electron chi connectivity index (χ3n) is 6.29. The molecule has 1 unspecified atom stereocenters. The second kappa shape index (κ2) is 10.1. The van der Waals surface area contributed by atoms with E-state index in [1.165, 1.54) is 11.0 Å². The Bertz CT molecular complexity index is 1300. The highest BCUT2D eigenvalue weighted by atomic mass is 35.5. The Balaban J connectivity index is 1.90. The van der Waals surface area contributed by atoms with Gasteiger partial charge in [-0.15, -0.1) is 0 Å². The van der Waals surface area contributed by atoms with Gasteiger partial charge in [-0.2, -0.15) is 0 Å². The van der Waals surface area contributed by atoms with Crippen LogP contribution in [0.1, 0.15) is 36.6 Å². The Morgan fingerprint density at radius 2 is 1.54 bits per heavy atom. The molecule has 1 heterocycles. The number of carbonyl (C=O) groups is 2. The molecule has 7 heteroatoms. The van der Waals surface area contributed by atoms with Crippen molar-refractivity contribution in [3.05, 3.63) is 99.0 Å². The number of halogens is 2. The minimum absolute atomic E-state index is 0.00422. The summed E-state index contributed by atoms with van der Waals surface area (Å²) in [7, 11) is 0. The Kier molecular flexibility index (Phi) is 7.20. The molecule has 1 saturated heterocycles. The van der Waals surface area contributed by atoms with Gasteiger partial charge >= 0.3 is 0 Å². The van der Waals surface area contributed by atoms with E-state index in [1.807, 2.05) is 43.3 Å². The fraction of sp³-hybridized carbons (Fsp3) is 0.214. The highest BCUT2D eigenvalue weighted by Gasteiger charge is 2.47. The summed E-state index contributed by atoms with van der Waals surface area (Å²) in [5.41, 5.74) is 3.67. The maximum absolute atomic E-state index is 13.3. The van der Waals surface area contributed by atoms with Crippen LogP contribution < -0.4 is 9.80 Å². The molecule has 0 saturated carbocycles. The van der Waals surface area contributed by atoms with Crippen molar-refractivity contribution in [2.24, 2.45) is 0 Å². The molecule has 0 radical (unpaired) electrons. The molecule has 1 N–H and O–H groups in total. The number of aliphatic hydroxyl groups is 1. The summed E-state index contributed by atoms with van der Waals surface area (Å²) in [5, 5.41) is 11.8. The highest BCUT2D eigenvalue weighted by molar-refractivity contribution is 6.51. The SMILES string of the molecule is CCN(CC)c1ccc(C2/C(=C(/O)c3ccc(Cl)c(Cl)c3)C(=O)C(=O)N2c2ccc(C)cc2)cc1. The molecule has 5 nitrogen and oxygen atoms in total. The molecule has 1 aliphatic rings. The van der Waals surface area contributed by atoms with Crippen LogP contribution in [0.2, 0.25) is 10.0 Å². The Morgan fingerprint density at radius 1 is 0.914 bits per heavy atom. The monoisotopic (exact) mass is 508 g/mol. The van der Waals surface area contributed by atoms with E-state index in [1.54, 1.807) is 24.3 Å². The van der Waals surface area contributed by atoms with Crippen LogP contribution in [0.4, 0.5) is 11.4 Å². The van der Waals surface area contributed by atoms with Gasteiger partial charge in [-0.05, 0) is 68.8 Å². The van der Waals surface area contributed by atoms with Gasteiger partial charge in [0.2, 0.25) is 0 Å². The van der Waals surface area contributed by atoms with E-state index in [0.717, 1.165) is 24.3 Å². The predicted octanol–water partition coefficient (Wildman–Crippen LogP) is 6.77. The Morgan fingerprint density at radius 3 is 2.11 bits per heavy atom. The van der Waals surface area contributed by atoms with Gasteiger partial charge < -0.3 is 10.0 Å².